The molecule has 0 aromatic carbocycles. The van der Waals surface area contributed by atoms with Gasteiger partial charge in [-0.3, -0.25) is 0 Å². The van der Waals surface area contributed by atoms with Gasteiger partial charge in [0.25, 0.3) is 0 Å². The van der Waals surface area contributed by atoms with Crippen LogP contribution in [-0.4, -0.2) is 39.9 Å². The predicted octanol–water partition coefficient (Wildman–Crippen LogP) is -0.467. The molecule has 0 fully saturated rings. The molecular formula is C10H16N2O4. The molecule has 0 heterocycles. The highest BCUT2D eigenvalue weighted by Gasteiger charge is 2.30. The van der Waals surface area contributed by atoms with E-state index in [1.54, 1.807) is 13.8 Å². The number of carboxylic acid groups (broad SMARTS) is 1. The molecule has 2 amide bonds. The Morgan fingerprint density at radius 2 is 1.88 bits per heavy atom. The van der Waals surface area contributed by atoms with Crippen LogP contribution in [0.25, 0.3) is 0 Å². The first-order valence-corrected chi connectivity index (χ1v) is 4.60. The number of hydrogen-bond donors (Lipinski definition) is 4. The molecule has 0 aliphatic carbocycles. The molecule has 0 spiro atoms. The Morgan fingerprint density at radius 3 is 2.25 bits per heavy atom. The third kappa shape index (κ3) is 4.66. The van der Waals surface area contributed by atoms with Crippen molar-refractivity contribution in [3.05, 3.63) is 0 Å². The molecule has 6 nitrogen and oxygen atoms in total. The highest BCUT2D eigenvalue weighted by Crippen LogP contribution is 2.01. The second-order valence-electron chi connectivity index (χ2n) is 4.16. The van der Waals surface area contributed by atoms with Crippen LogP contribution in [0.3, 0.4) is 0 Å². The number of hydrogen-bond acceptors (Lipinski definition) is 3. The number of rotatable bonds is 4. The summed E-state index contributed by atoms with van der Waals surface area (Å²) in [6.45, 7) is 3.90. The van der Waals surface area contributed by atoms with Crippen molar-refractivity contribution in [2.75, 3.05) is 6.54 Å². The molecule has 0 aliphatic heterocycles. The molecule has 1 unspecified atom stereocenters. The minimum atomic E-state index is -2.00. The van der Waals surface area contributed by atoms with Crippen molar-refractivity contribution in [3.8, 4) is 12.3 Å². The summed E-state index contributed by atoms with van der Waals surface area (Å²) >= 11 is 0. The summed E-state index contributed by atoms with van der Waals surface area (Å²) in [6.07, 6.45) is 5.15. The van der Waals surface area contributed by atoms with E-state index in [0.717, 1.165) is 6.92 Å². The van der Waals surface area contributed by atoms with Crippen molar-refractivity contribution in [1.29, 1.82) is 0 Å². The highest BCUT2D eigenvalue weighted by molar-refractivity contribution is 5.79. The summed E-state index contributed by atoms with van der Waals surface area (Å²) in [6, 6.07) is -0.635. The SMILES string of the molecule is C#CC(C)(C)NC(=O)NCC(C)(O)C(=O)O. The minimum absolute atomic E-state index is 0.408. The first kappa shape index (κ1) is 14.3. The number of carbonyl (C=O) groups is 2. The van der Waals surface area contributed by atoms with Crippen LogP contribution in [0.1, 0.15) is 20.8 Å². The number of nitrogens with one attached hydrogen (secondary N) is 2. The summed E-state index contributed by atoms with van der Waals surface area (Å²) in [7, 11) is 0. The molecule has 0 aromatic rings. The largest absolute Gasteiger partial charge is 0.479 e. The van der Waals surface area contributed by atoms with Crippen LogP contribution >= 0.6 is 0 Å². The van der Waals surface area contributed by atoms with Gasteiger partial charge in [0.1, 0.15) is 0 Å². The van der Waals surface area contributed by atoms with Crippen molar-refractivity contribution in [3.63, 3.8) is 0 Å². The number of terminal acetylenes is 1. The summed E-state index contributed by atoms with van der Waals surface area (Å²) < 4.78 is 0. The zero-order valence-corrected chi connectivity index (χ0v) is 9.50. The van der Waals surface area contributed by atoms with E-state index < -0.39 is 29.7 Å². The van der Waals surface area contributed by atoms with E-state index in [1.807, 2.05) is 0 Å². The van der Waals surface area contributed by atoms with Gasteiger partial charge in [-0.15, -0.1) is 6.42 Å². The smallest absolute Gasteiger partial charge is 0.337 e. The van der Waals surface area contributed by atoms with Gasteiger partial charge in [0.15, 0.2) is 5.60 Å². The van der Waals surface area contributed by atoms with E-state index in [-0.39, 0.29) is 0 Å². The fourth-order valence-corrected chi connectivity index (χ4v) is 0.692. The molecule has 0 bridgehead atoms. The van der Waals surface area contributed by atoms with Crippen LogP contribution in [-0.2, 0) is 4.79 Å². The maximum atomic E-state index is 11.3. The molecule has 4 N–H and O–H groups in total. The van der Waals surface area contributed by atoms with E-state index in [4.69, 9.17) is 11.5 Å². The second-order valence-corrected chi connectivity index (χ2v) is 4.16. The van der Waals surface area contributed by atoms with Gasteiger partial charge in [0.05, 0.1) is 12.1 Å². The van der Waals surface area contributed by atoms with Crippen molar-refractivity contribution < 1.29 is 19.8 Å². The lowest BCUT2D eigenvalue weighted by Crippen LogP contribution is -2.53. The lowest BCUT2D eigenvalue weighted by Gasteiger charge is -2.22. The minimum Gasteiger partial charge on any atom is -0.479 e. The van der Waals surface area contributed by atoms with Crippen molar-refractivity contribution in [1.82, 2.24) is 10.6 Å². The summed E-state index contributed by atoms with van der Waals surface area (Å²) in [4.78, 5) is 21.8. The van der Waals surface area contributed by atoms with Gasteiger partial charge < -0.3 is 20.8 Å². The van der Waals surface area contributed by atoms with E-state index >= 15 is 0 Å². The van der Waals surface area contributed by atoms with E-state index in [1.165, 1.54) is 0 Å². The molecule has 0 aliphatic rings. The van der Waals surface area contributed by atoms with Gasteiger partial charge in [0, 0.05) is 0 Å². The quantitative estimate of drug-likeness (QED) is 0.489. The van der Waals surface area contributed by atoms with E-state index in [0.29, 0.717) is 0 Å². The summed E-state index contributed by atoms with van der Waals surface area (Å²) in [5, 5.41) is 22.5. The lowest BCUT2D eigenvalue weighted by molar-refractivity contribution is -0.155. The van der Waals surface area contributed by atoms with Crippen LogP contribution in [0.2, 0.25) is 0 Å². The Balaban J connectivity index is 4.21. The van der Waals surface area contributed by atoms with Crippen LogP contribution < -0.4 is 10.6 Å². The van der Waals surface area contributed by atoms with Crippen molar-refractivity contribution >= 4 is 12.0 Å². The van der Waals surface area contributed by atoms with Gasteiger partial charge in [-0.05, 0) is 20.8 Å². The number of carbonyl (C=O) groups excluding carboxylic acids is 1. The summed E-state index contributed by atoms with van der Waals surface area (Å²) in [5.74, 6) is 0.928. The Hall–Kier alpha value is -1.74. The molecule has 16 heavy (non-hydrogen) atoms. The van der Waals surface area contributed by atoms with Crippen LogP contribution in [0, 0.1) is 12.3 Å². The highest BCUT2D eigenvalue weighted by atomic mass is 16.4. The average Bonchev–Trinajstić information content (AvgIpc) is 2.14. The van der Waals surface area contributed by atoms with Crippen molar-refractivity contribution in [2.24, 2.45) is 0 Å². The number of aliphatic carboxylic acids is 1. The number of carboxylic acids is 1. The third-order valence-electron chi connectivity index (χ3n) is 1.84. The number of aliphatic hydroxyl groups is 1. The second kappa shape index (κ2) is 4.86. The Bertz CT molecular complexity index is 328. The fourth-order valence-electron chi connectivity index (χ4n) is 0.692. The topological polar surface area (TPSA) is 98.7 Å². The standard InChI is InChI=1S/C10H16N2O4/c1-5-9(2,3)12-8(15)11-6-10(4,16)7(13)14/h1,16H,6H2,2-4H3,(H,13,14)(H2,11,12,15). The molecule has 0 aromatic heterocycles. The van der Waals surface area contributed by atoms with E-state index in [2.05, 4.69) is 16.6 Å². The maximum absolute atomic E-state index is 11.3. The van der Waals surface area contributed by atoms with Gasteiger partial charge >= 0.3 is 12.0 Å². The van der Waals surface area contributed by atoms with Gasteiger partial charge in [0.2, 0.25) is 0 Å². The Kier molecular flexibility index (Phi) is 4.33. The van der Waals surface area contributed by atoms with Gasteiger partial charge in [-0.1, -0.05) is 5.92 Å². The molecule has 1 atom stereocenters. The maximum Gasteiger partial charge on any atom is 0.337 e. The van der Waals surface area contributed by atoms with Gasteiger partial charge in [-0.25, -0.2) is 9.59 Å². The Labute approximate surface area is 94.0 Å². The molecule has 90 valence electrons. The normalized spacial score (nSPS) is 14.4. The molecule has 0 saturated heterocycles. The molecule has 0 radical (unpaired) electrons. The molecule has 0 saturated carbocycles. The van der Waals surface area contributed by atoms with Crippen LogP contribution in [0.5, 0.6) is 0 Å². The number of urea groups is 1. The first-order valence-electron chi connectivity index (χ1n) is 4.60. The first-order chi connectivity index (χ1) is 7.10. The Morgan fingerprint density at radius 1 is 1.38 bits per heavy atom. The monoisotopic (exact) mass is 228 g/mol. The zero-order valence-electron chi connectivity index (χ0n) is 9.50. The van der Waals surface area contributed by atoms with Crippen LogP contribution in [0.4, 0.5) is 4.79 Å². The van der Waals surface area contributed by atoms with E-state index in [9.17, 15) is 14.7 Å². The van der Waals surface area contributed by atoms with Crippen molar-refractivity contribution in [2.45, 2.75) is 31.9 Å². The molecular weight excluding hydrogens is 212 g/mol. The molecule has 6 heteroatoms. The lowest BCUT2D eigenvalue weighted by atomic mass is 10.1. The third-order valence-corrected chi connectivity index (χ3v) is 1.84. The van der Waals surface area contributed by atoms with Gasteiger partial charge in [-0.2, -0.15) is 0 Å². The van der Waals surface area contributed by atoms with Crippen LogP contribution in [0.15, 0.2) is 0 Å². The summed E-state index contributed by atoms with van der Waals surface area (Å²) in [5.41, 5.74) is -2.84. The average molecular weight is 228 g/mol. The number of amides is 2. The predicted molar refractivity (Wildman–Crippen MR) is 57.7 cm³/mol. The zero-order chi connectivity index (χ0) is 13.0. The molecule has 0 rings (SSSR count). The fraction of sp³-hybridized carbons (Fsp3) is 0.600.